The van der Waals surface area contributed by atoms with E-state index in [1.807, 2.05) is 12.1 Å². The van der Waals surface area contributed by atoms with Gasteiger partial charge in [0.05, 0.1) is 6.07 Å². The molecule has 0 aromatic heterocycles. The molecule has 0 radical (unpaired) electrons. The summed E-state index contributed by atoms with van der Waals surface area (Å²) in [5, 5.41) is 9.59. The summed E-state index contributed by atoms with van der Waals surface area (Å²) in [6.07, 6.45) is 4.17. The van der Waals surface area contributed by atoms with Crippen LogP contribution >= 0.6 is 0 Å². The highest BCUT2D eigenvalue weighted by molar-refractivity contribution is 5.82. The van der Waals surface area contributed by atoms with Gasteiger partial charge in [-0.2, -0.15) is 5.26 Å². The predicted molar refractivity (Wildman–Crippen MR) is 103 cm³/mol. The molecular formula is C23H25NO2. The molecular weight excluding hydrogens is 322 g/mol. The van der Waals surface area contributed by atoms with Crippen molar-refractivity contribution in [2.45, 2.75) is 46.0 Å². The lowest BCUT2D eigenvalue weighted by molar-refractivity contribution is -0.144. The van der Waals surface area contributed by atoms with Gasteiger partial charge < -0.3 is 4.74 Å². The lowest BCUT2D eigenvalue weighted by Crippen LogP contribution is -2.37. The highest BCUT2D eigenvalue weighted by Crippen LogP contribution is 2.40. The Morgan fingerprint density at radius 2 is 1.77 bits per heavy atom. The molecule has 0 aliphatic heterocycles. The Hall–Kier alpha value is -2.60. The summed E-state index contributed by atoms with van der Waals surface area (Å²) < 4.78 is 5.56. The summed E-state index contributed by atoms with van der Waals surface area (Å²) in [6.45, 7) is 4.23. The number of nitriles is 1. The fraction of sp³-hybridized carbons (Fsp3) is 0.391. The van der Waals surface area contributed by atoms with E-state index in [1.165, 1.54) is 5.56 Å². The van der Waals surface area contributed by atoms with Crippen molar-refractivity contribution in [3.05, 3.63) is 54.1 Å². The van der Waals surface area contributed by atoms with Gasteiger partial charge in [0.2, 0.25) is 0 Å². The molecule has 0 spiro atoms. The number of hydrogen-bond donors (Lipinski definition) is 0. The Balaban J connectivity index is 1.72. The van der Waals surface area contributed by atoms with Crippen molar-refractivity contribution in [1.82, 2.24) is 0 Å². The highest BCUT2D eigenvalue weighted by Gasteiger charge is 2.43. The molecule has 0 N–H and O–H groups in total. The van der Waals surface area contributed by atoms with E-state index in [2.05, 4.69) is 44.2 Å². The van der Waals surface area contributed by atoms with E-state index >= 15 is 0 Å². The van der Waals surface area contributed by atoms with Gasteiger partial charge in [0.15, 0.2) is 5.41 Å². The quantitative estimate of drug-likeness (QED) is 0.539. The second-order valence-corrected chi connectivity index (χ2v) is 7.36. The van der Waals surface area contributed by atoms with Crippen LogP contribution in [0.4, 0.5) is 0 Å². The second kappa shape index (κ2) is 7.74. The van der Waals surface area contributed by atoms with Crippen LogP contribution in [0.5, 0.6) is 5.75 Å². The summed E-state index contributed by atoms with van der Waals surface area (Å²) in [5.41, 5.74) is 2.53. The average molecular weight is 347 g/mol. The van der Waals surface area contributed by atoms with Gasteiger partial charge in [-0.1, -0.05) is 63.1 Å². The Labute approximate surface area is 155 Å². The first kappa shape index (κ1) is 18.2. The molecule has 2 atom stereocenters. The Morgan fingerprint density at radius 3 is 2.31 bits per heavy atom. The van der Waals surface area contributed by atoms with Crippen LogP contribution in [0.1, 0.15) is 45.1 Å². The van der Waals surface area contributed by atoms with Crippen LogP contribution in [0.25, 0.3) is 11.1 Å². The lowest BCUT2D eigenvalue weighted by atomic mass is 9.71. The summed E-state index contributed by atoms with van der Waals surface area (Å²) in [4.78, 5) is 12.6. The molecule has 0 amide bonds. The Bertz CT molecular complexity index is 802. The minimum Gasteiger partial charge on any atom is -0.425 e. The van der Waals surface area contributed by atoms with Gasteiger partial charge >= 0.3 is 5.97 Å². The monoisotopic (exact) mass is 347 g/mol. The van der Waals surface area contributed by atoms with E-state index in [9.17, 15) is 10.1 Å². The predicted octanol–water partition coefficient (Wildman–Crippen LogP) is 5.54. The van der Waals surface area contributed by atoms with Crippen LogP contribution in [0.15, 0.2) is 48.5 Å². The fourth-order valence-electron chi connectivity index (χ4n) is 3.74. The smallest absolute Gasteiger partial charge is 0.331 e. The van der Waals surface area contributed by atoms with E-state index < -0.39 is 11.4 Å². The van der Waals surface area contributed by atoms with Gasteiger partial charge in [-0.05, 0) is 54.0 Å². The Morgan fingerprint density at radius 1 is 1.15 bits per heavy atom. The zero-order valence-corrected chi connectivity index (χ0v) is 15.5. The van der Waals surface area contributed by atoms with Crippen molar-refractivity contribution in [3.63, 3.8) is 0 Å². The third kappa shape index (κ3) is 3.80. The standard InChI is InChI=1S/C23H25NO2/c1-3-18-6-8-19(9-7-18)20-10-12-21(13-11-20)26-22(25)23(16-24)14-4-5-17(2)15-23/h6-13,17H,3-5,14-15H2,1-2H3. The lowest BCUT2D eigenvalue weighted by Gasteiger charge is -2.31. The summed E-state index contributed by atoms with van der Waals surface area (Å²) in [6, 6.07) is 18.2. The van der Waals surface area contributed by atoms with E-state index in [1.54, 1.807) is 12.1 Å². The van der Waals surface area contributed by atoms with E-state index in [0.29, 0.717) is 24.5 Å². The molecule has 2 aromatic carbocycles. The normalized spacial score (nSPS) is 22.4. The van der Waals surface area contributed by atoms with Crippen LogP contribution < -0.4 is 4.74 Å². The van der Waals surface area contributed by atoms with Crippen LogP contribution in [-0.2, 0) is 11.2 Å². The number of carbonyl (C=O) groups excluding carboxylic acids is 1. The molecule has 1 aliphatic carbocycles. The molecule has 0 heterocycles. The van der Waals surface area contributed by atoms with Crippen LogP contribution in [0, 0.1) is 22.7 Å². The van der Waals surface area contributed by atoms with Crippen molar-refractivity contribution in [3.8, 4) is 22.9 Å². The molecule has 0 saturated heterocycles. The zero-order chi connectivity index (χ0) is 18.6. The minimum atomic E-state index is -0.994. The molecule has 3 heteroatoms. The second-order valence-electron chi connectivity index (χ2n) is 7.36. The van der Waals surface area contributed by atoms with Crippen molar-refractivity contribution < 1.29 is 9.53 Å². The molecule has 3 rings (SSSR count). The number of carbonyl (C=O) groups is 1. The molecule has 1 saturated carbocycles. The minimum absolute atomic E-state index is 0.379. The van der Waals surface area contributed by atoms with Crippen molar-refractivity contribution in [1.29, 1.82) is 5.26 Å². The number of esters is 1. The maximum absolute atomic E-state index is 12.6. The number of ether oxygens (including phenoxy) is 1. The van der Waals surface area contributed by atoms with Crippen LogP contribution in [0.3, 0.4) is 0 Å². The van der Waals surface area contributed by atoms with Gasteiger partial charge in [-0.3, -0.25) is 0 Å². The first-order valence-electron chi connectivity index (χ1n) is 9.39. The first-order valence-corrected chi connectivity index (χ1v) is 9.39. The molecule has 3 nitrogen and oxygen atoms in total. The largest absolute Gasteiger partial charge is 0.425 e. The maximum atomic E-state index is 12.6. The van der Waals surface area contributed by atoms with Crippen LogP contribution in [0.2, 0.25) is 0 Å². The summed E-state index contributed by atoms with van der Waals surface area (Å²) in [5.74, 6) is 0.466. The first-order chi connectivity index (χ1) is 12.6. The van der Waals surface area contributed by atoms with Crippen molar-refractivity contribution in [2.75, 3.05) is 0 Å². The highest BCUT2D eigenvalue weighted by atomic mass is 16.5. The molecule has 0 bridgehead atoms. The third-order valence-corrected chi connectivity index (χ3v) is 5.36. The molecule has 134 valence electrons. The summed E-state index contributed by atoms with van der Waals surface area (Å²) >= 11 is 0. The van der Waals surface area contributed by atoms with E-state index in [0.717, 1.165) is 30.4 Å². The van der Waals surface area contributed by atoms with Crippen molar-refractivity contribution in [2.24, 2.45) is 11.3 Å². The molecule has 2 unspecified atom stereocenters. The van der Waals surface area contributed by atoms with E-state index in [4.69, 9.17) is 4.74 Å². The Kier molecular flexibility index (Phi) is 5.42. The van der Waals surface area contributed by atoms with Gasteiger partial charge in [0.25, 0.3) is 0 Å². The van der Waals surface area contributed by atoms with Gasteiger partial charge in [-0.25, -0.2) is 4.79 Å². The van der Waals surface area contributed by atoms with Crippen LogP contribution in [-0.4, -0.2) is 5.97 Å². The molecule has 26 heavy (non-hydrogen) atoms. The topological polar surface area (TPSA) is 50.1 Å². The third-order valence-electron chi connectivity index (χ3n) is 5.36. The average Bonchev–Trinajstić information content (AvgIpc) is 2.68. The zero-order valence-electron chi connectivity index (χ0n) is 15.5. The molecule has 1 aliphatic rings. The number of rotatable bonds is 4. The molecule has 2 aromatic rings. The number of hydrogen-bond acceptors (Lipinski definition) is 3. The maximum Gasteiger partial charge on any atom is 0.331 e. The van der Waals surface area contributed by atoms with Gasteiger partial charge in [0.1, 0.15) is 5.75 Å². The fourth-order valence-corrected chi connectivity index (χ4v) is 3.74. The number of benzene rings is 2. The van der Waals surface area contributed by atoms with Gasteiger partial charge in [0, 0.05) is 0 Å². The van der Waals surface area contributed by atoms with Crippen molar-refractivity contribution >= 4 is 5.97 Å². The number of nitrogens with zero attached hydrogens (tertiary/aromatic N) is 1. The SMILES string of the molecule is CCc1ccc(-c2ccc(OC(=O)C3(C#N)CCCC(C)C3)cc2)cc1. The number of aryl methyl sites for hydroxylation is 1. The van der Waals surface area contributed by atoms with Gasteiger partial charge in [-0.15, -0.1) is 0 Å². The summed E-state index contributed by atoms with van der Waals surface area (Å²) in [7, 11) is 0. The molecule has 1 fully saturated rings. The van der Waals surface area contributed by atoms with E-state index in [-0.39, 0.29) is 0 Å².